The van der Waals surface area contributed by atoms with E-state index >= 15 is 0 Å². The van der Waals surface area contributed by atoms with Crippen molar-refractivity contribution in [2.75, 3.05) is 0 Å². The van der Waals surface area contributed by atoms with Crippen LogP contribution in [0.15, 0.2) is 16.9 Å². The predicted molar refractivity (Wildman–Crippen MR) is 54.9 cm³/mol. The molecule has 0 radical (unpaired) electrons. The second-order valence-electron chi connectivity index (χ2n) is 4.51. The van der Waals surface area contributed by atoms with Crippen LogP contribution in [0.4, 0.5) is 0 Å². The maximum atomic E-state index is 10.1. The molecule has 0 aromatic carbocycles. The van der Waals surface area contributed by atoms with Crippen LogP contribution in [-0.4, -0.2) is 5.11 Å². The minimum atomic E-state index is -0.348. The number of rotatable bonds is 3. The molecule has 0 amide bonds. The highest BCUT2D eigenvalue weighted by Gasteiger charge is 2.30. The molecule has 2 unspecified atom stereocenters. The van der Waals surface area contributed by atoms with E-state index in [1.807, 2.05) is 6.92 Å². The first kappa shape index (κ1) is 9.78. The molecule has 2 heteroatoms. The van der Waals surface area contributed by atoms with Gasteiger partial charge in [-0.25, -0.2) is 0 Å². The third-order valence-electron chi connectivity index (χ3n) is 3.61. The lowest BCUT2D eigenvalue weighted by atomic mass is 9.73. The summed E-state index contributed by atoms with van der Waals surface area (Å²) in [7, 11) is 0. The van der Waals surface area contributed by atoms with Gasteiger partial charge in [0, 0.05) is 5.56 Å². The fourth-order valence-corrected chi connectivity index (χ4v) is 2.18. The zero-order valence-corrected chi connectivity index (χ0v) is 8.86. The van der Waals surface area contributed by atoms with Crippen molar-refractivity contribution < 1.29 is 9.52 Å². The summed E-state index contributed by atoms with van der Waals surface area (Å²) in [6.45, 7) is 4.12. The molecule has 0 spiro atoms. The minimum Gasteiger partial charge on any atom is -0.472 e. The first-order valence-electron chi connectivity index (χ1n) is 5.41. The number of hydrogen-bond acceptors (Lipinski definition) is 2. The summed E-state index contributed by atoms with van der Waals surface area (Å²) in [4.78, 5) is 0. The molecule has 1 N–H and O–H groups in total. The average molecular weight is 194 g/mol. The van der Waals surface area contributed by atoms with E-state index in [9.17, 15) is 5.11 Å². The van der Waals surface area contributed by atoms with Crippen LogP contribution in [-0.2, 0) is 0 Å². The maximum Gasteiger partial charge on any atom is 0.0963 e. The van der Waals surface area contributed by atoms with Crippen molar-refractivity contribution in [2.45, 2.75) is 39.2 Å². The number of furan rings is 1. The van der Waals surface area contributed by atoms with Gasteiger partial charge in [-0.05, 0) is 24.3 Å². The maximum absolute atomic E-state index is 10.1. The molecule has 2 nitrogen and oxygen atoms in total. The lowest BCUT2D eigenvalue weighted by Crippen LogP contribution is -2.25. The van der Waals surface area contributed by atoms with Crippen LogP contribution in [0.3, 0.4) is 0 Å². The molecule has 1 aromatic rings. The quantitative estimate of drug-likeness (QED) is 0.802. The largest absolute Gasteiger partial charge is 0.472 e. The Labute approximate surface area is 84.9 Å². The molecule has 1 aliphatic rings. The van der Waals surface area contributed by atoms with Crippen LogP contribution in [0.2, 0.25) is 0 Å². The molecule has 0 bridgehead atoms. The second kappa shape index (κ2) is 3.77. The van der Waals surface area contributed by atoms with E-state index in [1.165, 1.54) is 19.3 Å². The molecule has 2 rings (SSSR count). The summed E-state index contributed by atoms with van der Waals surface area (Å²) in [6, 6.07) is 0. The van der Waals surface area contributed by atoms with Gasteiger partial charge in [0.2, 0.25) is 0 Å². The van der Waals surface area contributed by atoms with Crippen LogP contribution in [0.1, 0.15) is 43.4 Å². The Morgan fingerprint density at radius 1 is 1.43 bits per heavy atom. The van der Waals surface area contributed by atoms with Crippen molar-refractivity contribution in [2.24, 2.45) is 11.8 Å². The van der Waals surface area contributed by atoms with E-state index in [4.69, 9.17) is 4.42 Å². The SMILES string of the molecule is Cc1cocc1C(O)C(C)C1CCC1. The van der Waals surface area contributed by atoms with Gasteiger partial charge in [-0.1, -0.05) is 26.2 Å². The first-order chi connectivity index (χ1) is 6.70. The monoisotopic (exact) mass is 194 g/mol. The van der Waals surface area contributed by atoms with Crippen molar-refractivity contribution >= 4 is 0 Å². The fraction of sp³-hybridized carbons (Fsp3) is 0.667. The van der Waals surface area contributed by atoms with Crippen LogP contribution < -0.4 is 0 Å². The Morgan fingerprint density at radius 2 is 2.14 bits per heavy atom. The lowest BCUT2D eigenvalue weighted by molar-refractivity contribution is 0.0527. The highest BCUT2D eigenvalue weighted by Crippen LogP contribution is 2.40. The summed E-state index contributed by atoms with van der Waals surface area (Å²) >= 11 is 0. The molecule has 1 aromatic heterocycles. The number of hydrogen-bond donors (Lipinski definition) is 1. The smallest absolute Gasteiger partial charge is 0.0963 e. The van der Waals surface area contributed by atoms with Gasteiger partial charge in [0.25, 0.3) is 0 Å². The lowest BCUT2D eigenvalue weighted by Gasteiger charge is -2.34. The molecule has 0 aliphatic heterocycles. The normalized spacial score (nSPS) is 21.6. The summed E-state index contributed by atoms with van der Waals surface area (Å²) in [5.41, 5.74) is 2.02. The standard InChI is InChI=1S/C12H18O2/c1-8-6-14-7-11(8)12(13)9(2)10-4-3-5-10/h6-7,9-10,12-13H,3-5H2,1-2H3. The Balaban J connectivity index is 2.07. The predicted octanol–water partition coefficient (Wildman–Crippen LogP) is 3.06. The average Bonchev–Trinajstić information content (AvgIpc) is 2.47. The zero-order chi connectivity index (χ0) is 10.1. The highest BCUT2D eigenvalue weighted by molar-refractivity contribution is 5.22. The molecule has 14 heavy (non-hydrogen) atoms. The van der Waals surface area contributed by atoms with Gasteiger partial charge in [0.05, 0.1) is 18.6 Å². The van der Waals surface area contributed by atoms with Gasteiger partial charge >= 0.3 is 0 Å². The van der Waals surface area contributed by atoms with E-state index in [1.54, 1.807) is 12.5 Å². The zero-order valence-electron chi connectivity index (χ0n) is 8.86. The van der Waals surface area contributed by atoms with Gasteiger partial charge in [-0.2, -0.15) is 0 Å². The van der Waals surface area contributed by atoms with E-state index in [0.717, 1.165) is 11.1 Å². The Kier molecular flexibility index (Phi) is 2.64. The highest BCUT2D eigenvalue weighted by atomic mass is 16.3. The van der Waals surface area contributed by atoms with Crippen molar-refractivity contribution in [3.05, 3.63) is 23.7 Å². The molecular weight excluding hydrogens is 176 g/mol. The Bertz CT molecular complexity index is 299. The van der Waals surface area contributed by atoms with Crippen molar-refractivity contribution in [3.63, 3.8) is 0 Å². The molecule has 0 saturated heterocycles. The second-order valence-corrected chi connectivity index (χ2v) is 4.51. The van der Waals surface area contributed by atoms with Gasteiger partial charge in [0.15, 0.2) is 0 Å². The third-order valence-corrected chi connectivity index (χ3v) is 3.61. The summed E-state index contributed by atoms with van der Waals surface area (Å²) in [6.07, 6.45) is 6.90. The molecule has 1 aliphatic carbocycles. The van der Waals surface area contributed by atoms with Gasteiger partial charge < -0.3 is 9.52 Å². The summed E-state index contributed by atoms with van der Waals surface area (Å²) in [5.74, 6) is 1.07. The first-order valence-corrected chi connectivity index (χ1v) is 5.41. The topological polar surface area (TPSA) is 33.4 Å². The van der Waals surface area contributed by atoms with Crippen LogP contribution in [0.25, 0.3) is 0 Å². The third kappa shape index (κ3) is 1.59. The fourth-order valence-electron chi connectivity index (χ4n) is 2.18. The number of aryl methyl sites for hydroxylation is 1. The molecule has 1 fully saturated rings. The van der Waals surface area contributed by atoms with E-state index in [0.29, 0.717) is 11.8 Å². The molecule has 1 heterocycles. The van der Waals surface area contributed by atoms with Gasteiger partial charge in [-0.15, -0.1) is 0 Å². The molecule has 2 atom stereocenters. The Morgan fingerprint density at radius 3 is 2.57 bits per heavy atom. The van der Waals surface area contributed by atoms with Crippen LogP contribution in [0.5, 0.6) is 0 Å². The van der Waals surface area contributed by atoms with Crippen molar-refractivity contribution in [1.29, 1.82) is 0 Å². The minimum absolute atomic E-state index is 0.348. The molecule has 78 valence electrons. The van der Waals surface area contributed by atoms with Crippen molar-refractivity contribution in [3.8, 4) is 0 Å². The van der Waals surface area contributed by atoms with Crippen LogP contribution in [0, 0.1) is 18.8 Å². The van der Waals surface area contributed by atoms with Gasteiger partial charge in [0.1, 0.15) is 0 Å². The summed E-state index contributed by atoms with van der Waals surface area (Å²) in [5, 5.41) is 10.1. The summed E-state index contributed by atoms with van der Waals surface area (Å²) < 4.78 is 5.09. The van der Waals surface area contributed by atoms with E-state index < -0.39 is 0 Å². The van der Waals surface area contributed by atoms with Crippen molar-refractivity contribution in [1.82, 2.24) is 0 Å². The number of aliphatic hydroxyl groups is 1. The van der Waals surface area contributed by atoms with E-state index in [-0.39, 0.29) is 6.10 Å². The Hall–Kier alpha value is -0.760. The van der Waals surface area contributed by atoms with Gasteiger partial charge in [-0.3, -0.25) is 0 Å². The van der Waals surface area contributed by atoms with Crippen LogP contribution >= 0.6 is 0 Å². The molecule has 1 saturated carbocycles. The van der Waals surface area contributed by atoms with E-state index in [2.05, 4.69) is 6.92 Å². The number of aliphatic hydroxyl groups excluding tert-OH is 1. The molecular formula is C12H18O2.